The number of carbonyl (C=O) groups excluding carboxylic acids is 2. The van der Waals surface area contributed by atoms with Crippen LogP contribution in [0.3, 0.4) is 0 Å². The van der Waals surface area contributed by atoms with Crippen LogP contribution in [0.25, 0.3) is 0 Å². The Bertz CT molecular complexity index is 733. The van der Waals surface area contributed by atoms with Gasteiger partial charge in [-0.3, -0.25) is 14.6 Å². The maximum atomic E-state index is 12.7. The van der Waals surface area contributed by atoms with Gasteiger partial charge in [-0.2, -0.15) is 0 Å². The van der Waals surface area contributed by atoms with Crippen molar-refractivity contribution in [3.05, 3.63) is 66.0 Å². The Morgan fingerprint density at radius 3 is 2.62 bits per heavy atom. The topological polar surface area (TPSA) is 53.5 Å². The van der Waals surface area contributed by atoms with Crippen LogP contribution < -0.4 is 0 Å². The standard InChI is InChI=1S/C21H25N3O2/c1-23-13-14-24(20(25)11-10-17-7-3-2-4-8-17)16-18(21(23)26)15-19-9-5-6-12-22-19/h2-9,12,18H,10-11,13-16H2,1H3/t18-/m1/s1. The van der Waals surface area contributed by atoms with E-state index in [1.165, 1.54) is 0 Å². The summed E-state index contributed by atoms with van der Waals surface area (Å²) in [7, 11) is 1.81. The first-order chi connectivity index (χ1) is 12.6. The molecule has 0 N–H and O–H groups in total. The first kappa shape index (κ1) is 18.1. The van der Waals surface area contributed by atoms with Crippen molar-refractivity contribution in [1.82, 2.24) is 14.8 Å². The molecule has 5 nitrogen and oxygen atoms in total. The Hall–Kier alpha value is -2.69. The molecular formula is C21H25N3O2. The molecule has 2 aromatic rings. The molecule has 136 valence electrons. The van der Waals surface area contributed by atoms with Crippen molar-refractivity contribution in [3.8, 4) is 0 Å². The highest BCUT2D eigenvalue weighted by molar-refractivity contribution is 5.82. The minimum absolute atomic E-state index is 0.0917. The molecule has 1 aromatic heterocycles. The van der Waals surface area contributed by atoms with E-state index in [2.05, 4.69) is 4.98 Å². The van der Waals surface area contributed by atoms with E-state index >= 15 is 0 Å². The fourth-order valence-corrected chi connectivity index (χ4v) is 3.33. The number of amides is 2. The summed E-state index contributed by atoms with van der Waals surface area (Å²) in [5.74, 6) is -0.0324. The summed E-state index contributed by atoms with van der Waals surface area (Å²) >= 11 is 0. The highest BCUT2D eigenvalue weighted by atomic mass is 16.2. The van der Waals surface area contributed by atoms with Gasteiger partial charge in [-0.15, -0.1) is 0 Å². The summed E-state index contributed by atoms with van der Waals surface area (Å²) in [4.78, 5) is 33.3. The maximum absolute atomic E-state index is 12.7. The van der Waals surface area contributed by atoms with Crippen LogP contribution in [-0.4, -0.2) is 53.3 Å². The third kappa shape index (κ3) is 4.69. The molecule has 26 heavy (non-hydrogen) atoms. The molecule has 2 amide bonds. The average Bonchev–Trinajstić information content (AvgIpc) is 2.82. The number of rotatable bonds is 5. The van der Waals surface area contributed by atoms with Crippen molar-refractivity contribution < 1.29 is 9.59 Å². The average molecular weight is 351 g/mol. The van der Waals surface area contributed by atoms with E-state index in [1.807, 2.05) is 60.5 Å². The van der Waals surface area contributed by atoms with Crippen molar-refractivity contribution in [2.75, 3.05) is 26.7 Å². The van der Waals surface area contributed by atoms with E-state index in [0.717, 1.165) is 17.7 Å². The Kier molecular flexibility index (Phi) is 6.00. The monoisotopic (exact) mass is 351 g/mol. The van der Waals surface area contributed by atoms with Crippen molar-refractivity contribution >= 4 is 11.8 Å². The number of likely N-dealkylation sites (N-methyl/N-ethyl adjacent to an activating group) is 1. The molecule has 1 fully saturated rings. The van der Waals surface area contributed by atoms with E-state index < -0.39 is 0 Å². The zero-order valence-electron chi connectivity index (χ0n) is 15.2. The first-order valence-electron chi connectivity index (χ1n) is 9.10. The van der Waals surface area contributed by atoms with Crippen LogP contribution in [0.5, 0.6) is 0 Å². The van der Waals surface area contributed by atoms with Gasteiger partial charge in [0.2, 0.25) is 11.8 Å². The van der Waals surface area contributed by atoms with Crippen LogP contribution in [-0.2, 0) is 22.4 Å². The molecule has 0 spiro atoms. The zero-order chi connectivity index (χ0) is 18.4. The second-order valence-electron chi connectivity index (χ2n) is 6.81. The highest BCUT2D eigenvalue weighted by Crippen LogP contribution is 2.16. The number of carbonyl (C=O) groups is 2. The van der Waals surface area contributed by atoms with Crippen LogP contribution in [0, 0.1) is 5.92 Å². The molecule has 0 saturated carbocycles. The van der Waals surface area contributed by atoms with Gasteiger partial charge in [0, 0.05) is 51.4 Å². The zero-order valence-corrected chi connectivity index (χ0v) is 15.2. The van der Waals surface area contributed by atoms with E-state index in [4.69, 9.17) is 0 Å². The van der Waals surface area contributed by atoms with Gasteiger partial charge in [-0.25, -0.2) is 0 Å². The number of benzene rings is 1. The molecule has 1 aromatic carbocycles. The molecule has 0 bridgehead atoms. The third-order valence-electron chi connectivity index (χ3n) is 4.88. The van der Waals surface area contributed by atoms with Crippen LogP contribution in [0.2, 0.25) is 0 Å². The number of hydrogen-bond acceptors (Lipinski definition) is 3. The summed E-state index contributed by atoms with van der Waals surface area (Å²) in [5.41, 5.74) is 2.05. The minimum Gasteiger partial charge on any atom is -0.344 e. The largest absolute Gasteiger partial charge is 0.344 e. The molecule has 1 saturated heterocycles. The molecular weight excluding hydrogens is 326 g/mol. The van der Waals surface area contributed by atoms with Crippen LogP contribution in [0.15, 0.2) is 54.7 Å². The van der Waals surface area contributed by atoms with Crippen molar-refractivity contribution in [2.24, 2.45) is 5.92 Å². The first-order valence-corrected chi connectivity index (χ1v) is 9.10. The predicted molar refractivity (Wildman–Crippen MR) is 100 cm³/mol. The normalized spacial score (nSPS) is 17.9. The van der Waals surface area contributed by atoms with Crippen LogP contribution >= 0.6 is 0 Å². The predicted octanol–water partition coefficient (Wildman–Crippen LogP) is 2.17. The van der Waals surface area contributed by atoms with Gasteiger partial charge in [-0.05, 0) is 24.1 Å². The Morgan fingerprint density at radius 1 is 1.12 bits per heavy atom. The summed E-state index contributed by atoms with van der Waals surface area (Å²) in [6, 6.07) is 15.8. The lowest BCUT2D eigenvalue weighted by molar-refractivity contribution is -0.134. The Labute approximate surface area is 154 Å². The van der Waals surface area contributed by atoms with Gasteiger partial charge >= 0.3 is 0 Å². The molecule has 1 aliphatic heterocycles. The summed E-state index contributed by atoms with van der Waals surface area (Å²) in [6.07, 6.45) is 3.50. The Balaban J connectivity index is 1.65. The summed E-state index contributed by atoms with van der Waals surface area (Å²) in [5, 5.41) is 0. The summed E-state index contributed by atoms with van der Waals surface area (Å²) in [6.45, 7) is 1.64. The smallest absolute Gasteiger partial charge is 0.227 e. The molecule has 0 unspecified atom stereocenters. The fraction of sp³-hybridized carbons (Fsp3) is 0.381. The lowest BCUT2D eigenvalue weighted by Crippen LogP contribution is -2.37. The third-order valence-corrected chi connectivity index (χ3v) is 4.88. The molecule has 1 aliphatic rings. The number of aryl methyl sites for hydroxylation is 1. The van der Waals surface area contributed by atoms with Gasteiger partial charge in [0.25, 0.3) is 0 Å². The van der Waals surface area contributed by atoms with E-state index in [0.29, 0.717) is 32.5 Å². The molecule has 3 rings (SSSR count). The van der Waals surface area contributed by atoms with Gasteiger partial charge in [0.15, 0.2) is 0 Å². The molecule has 5 heteroatoms. The SMILES string of the molecule is CN1CCN(C(=O)CCc2ccccc2)C[C@@H](Cc2ccccn2)C1=O. The maximum Gasteiger partial charge on any atom is 0.227 e. The van der Waals surface area contributed by atoms with E-state index in [-0.39, 0.29) is 17.7 Å². The molecule has 1 atom stereocenters. The quantitative estimate of drug-likeness (QED) is 0.830. The van der Waals surface area contributed by atoms with E-state index in [9.17, 15) is 9.59 Å². The lowest BCUT2D eigenvalue weighted by atomic mass is 10.0. The summed E-state index contributed by atoms with van der Waals surface area (Å²) < 4.78 is 0. The number of nitrogens with zero attached hydrogens (tertiary/aromatic N) is 3. The molecule has 0 aliphatic carbocycles. The Morgan fingerprint density at radius 2 is 1.88 bits per heavy atom. The molecule has 0 radical (unpaired) electrons. The van der Waals surface area contributed by atoms with Crippen LogP contribution in [0.1, 0.15) is 17.7 Å². The number of aromatic nitrogens is 1. The van der Waals surface area contributed by atoms with E-state index in [1.54, 1.807) is 11.1 Å². The minimum atomic E-state index is -0.238. The van der Waals surface area contributed by atoms with Crippen molar-refractivity contribution in [1.29, 1.82) is 0 Å². The van der Waals surface area contributed by atoms with Crippen molar-refractivity contribution in [3.63, 3.8) is 0 Å². The van der Waals surface area contributed by atoms with Crippen LogP contribution in [0.4, 0.5) is 0 Å². The molecule has 2 heterocycles. The van der Waals surface area contributed by atoms with Crippen molar-refractivity contribution in [2.45, 2.75) is 19.3 Å². The lowest BCUT2D eigenvalue weighted by Gasteiger charge is -2.23. The van der Waals surface area contributed by atoms with Gasteiger partial charge < -0.3 is 9.80 Å². The second-order valence-corrected chi connectivity index (χ2v) is 6.81. The number of pyridine rings is 1. The van der Waals surface area contributed by atoms with Gasteiger partial charge in [-0.1, -0.05) is 36.4 Å². The van der Waals surface area contributed by atoms with Gasteiger partial charge in [0.05, 0.1) is 5.92 Å². The number of hydrogen-bond donors (Lipinski definition) is 0. The second kappa shape index (κ2) is 8.61. The highest BCUT2D eigenvalue weighted by Gasteiger charge is 2.30. The van der Waals surface area contributed by atoms with Gasteiger partial charge in [0.1, 0.15) is 0 Å². The fourth-order valence-electron chi connectivity index (χ4n) is 3.33.